The van der Waals surface area contributed by atoms with E-state index >= 15 is 0 Å². The molecule has 0 radical (unpaired) electrons. The Kier molecular flexibility index (Phi) is 3.98. The van der Waals surface area contributed by atoms with Crippen molar-refractivity contribution >= 4 is 23.4 Å². The van der Waals surface area contributed by atoms with Crippen LogP contribution in [-0.4, -0.2) is 30.0 Å². The second-order valence-electron chi connectivity index (χ2n) is 2.78. The summed E-state index contributed by atoms with van der Waals surface area (Å²) >= 11 is 5.75. The molecule has 1 rings (SSSR count). The Morgan fingerprint density at radius 1 is 1.67 bits per heavy atom. The Bertz CT molecular complexity index is 335. The zero-order valence-corrected chi connectivity index (χ0v) is 8.67. The third kappa shape index (κ3) is 3.14. The number of alkyl halides is 2. The third-order valence-electron chi connectivity index (χ3n) is 1.63. The Morgan fingerprint density at radius 3 is 2.87 bits per heavy atom. The summed E-state index contributed by atoms with van der Waals surface area (Å²) in [6.45, 7) is -0.458. The summed E-state index contributed by atoms with van der Waals surface area (Å²) in [4.78, 5) is 8.81. The van der Waals surface area contributed by atoms with Crippen LogP contribution < -0.4 is 16.2 Å². The minimum Gasteiger partial charge on any atom is -0.353 e. The molecule has 15 heavy (non-hydrogen) atoms. The second kappa shape index (κ2) is 5.04. The molecule has 1 aromatic heterocycles. The second-order valence-corrected chi connectivity index (χ2v) is 3.19. The van der Waals surface area contributed by atoms with Gasteiger partial charge in [-0.05, 0) is 0 Å². The summed E-state index contributed by atoms with van der Waals surface area (Å²) in [6.07, 6.45) is -1.17. The van der Waals surface area contributed by atoms with Crippen molar-refractivity contribution in [3.05, 3.63) is 11.2 Å². The first-order chi connectivity index (χ1) is 7.04. The third-order valence-corrected chi connectivity index (χ3v) is 1.89. The van der Waals surface area contributed by atoms with Crippen LogP contribution >= 0.6 is 11.6 Å². The van der Waals surface area contributed by atoms with Crippen molar-refractivity contribution in [3.63, 3.8) is 0 Å². The fraction of sp³-hybridized carbons (Fsp3) is 0.429. The maximum atomic E-state index is 12.1. The number of nitrogen functional groups attached to an aromatic ring is 1. The van der Waals surface area contributed by atoms with Crippen molar-refractivity contribution in [2.75, 3.05) is 23.9 Å². The van der Waals surface area contributed by atoms with Crippen LogP contribution in [0, 0.1) is 0 Å². The Labute approximate surface area is 90.2 Å². The number of rotatable bonds is 4. The molecule has 1 heterocycles. The summed E-state index contributed by atoms with van der Waals surface area (Å²) in [5.41, 5.74) is 2.21. The van der Waals surface area contributed by atoms with E-state index in [1.54, 1.807) is 0 Å². The van der Waals surface area contributed by atoms with Gasteiger partial charge in [-0.2, -0.15) is 4.98 Å². The van der Waals surface area contributed by atoms with Crippen molar-refractivity contribution in [3.8, 4) is 0 Å². The molecule has 0 unspecified atom stereocenters. The lowest BCUT2D eigenvalue weighted by Crippen LogP contribution is -2.26. The van der Waals surface area contributed by atoms with Crippen LogP contribution in [0.25, 0.3) is 0 Å². The lowest BCUT2D eigenvalue weighted by atomic mass is 10.5. The van der Waals surface area contributed by atoms with E-state index in [9.17, 15) is 8.78 Å². The average molecular weight is 238 g/mol. The first-order valence-corrected chi connectivity index (χ1v) is 4.41. The minimum absolute atomic E-state index is 0.121. The van der Waals surface area contributed by atoms with Gasteiger partial charge in [-0.25, -0.2) is 19.6 Å². The minimum atomic E-state index is -2.46. The van der Waals surface area contributed by atoms with Crippen molar-refractivity contribution in [2.24, 2.45) is 5.84 Å². The lowest BCUT2D eigenvalue weighted by molar-refractivity contribution is 0.156. The summed E-state index contributed by atoms with van der Waals surface area (Å²) in [5, 5.41) is 0.192. The van der Waals surface area contributed by atoms with E-state index in [-0.39, 0.29) is 16.8 Å². The number of hydrazine groups is 1. The quantitative estimate of drug-likeness (QED) is 0.607. The maximum Gasteiger partial charge on any atom is 0.255 e. The molecule has 0 saturated heterocycles. The van der Waals surface area contributed by atoms with Gasteiger partial charge in [0.05, 0.1) is 12.7 Å². The van der Waals surface area contributed by atoms with E-state index in [0.717, 1.165) is 0 Å². The molecule has 0 aliphatic carbocycles. The van der Waals surface area contributed by atoms with Crippen LogP contribution in [0.1, 0.15) is 0 Å². The number of aromatic nitrogens is 2. The number of hydrogen-bond acceptors (Lipinski definition) is 5. The Morgan fingerprint density at radius 2 is 2.33 bits per heavy atom. The maximum absolute atomic E-state index is 12.1. The van der Waals surface area contributed by atoms with Gasteiger partial charge in [0, 0.05) is 7.05 Å². The lowest BCUT2D eigenvalue weighted by Gasteiger charge is -2.18. The summed E-state index contributed by atoms with van der Waals surface area (Å²) in [6, 6.07) is 0. The molecule has 0 atom stereocenters. The van der Waals surface area contributed by atoms with Gasteiger partial charge in [0.15, 0.2) is 5.82 Å². The molecule has 0 bridgehead atoms. The van der Waals surface area contributed by atoms with Crippen molar-refractivity contribution < 1.29 is 8.78 Å². The molecule has 0 aliphatic rings. The molecule has 1 aromatic rings. The van der Waals surface area contributed by atoms with E-state index < -0.39 is 13.0 Å². The molecular weight excluding hydrogens is 228 g/mol. The largest absolute Gasteiger partial charge is 0.353 e. The van der Waals surface area contributed by atoms with Gasteiger partial charge < -0.3 is 4.90 Å². The molecule has 0 aliphatic heterocycles. The molecule has 0 amide bonds. The van der Waals surface area contributed by atoms with Crippen LogP contribution in [0.15, 0.2) is 6.20 Å². The van der Waals surface area contributed by atoms with Gasteiger partial charge >= 0.3 is 0 Å². The number of nitrogens with two attached hydrogens (primary N) is 1. The summed E-state index contributed by atoms with van der Waals surface area (Å²) in [7, 11) is 1.46. The average Bonchev–Trinajstić information content (AvgIpc) is 2.17. The monoisotopic (exact) mass is 237 g/mol. The predicted octanol–water partition coefficient (Wildman–Crippen LogP) is 1.12. The van der Waals surface area contributed by atoms with E-state index in [2.05, 4.69) is 15.4 Å². The molecular formula is C7H10ClF2N5. The highest BCUT2D eigenvalue weighted by Crippen LogP contribution is 2.22. The number of anilines is 2. The molecule has 0 saturated carbocycles. The van der Waals surface area contributed by atoms with Crippen LogP contribution in [0.4, 0.5) is 20.5 Å². The smallest absolute Gasteiger partial charge is 0.255 e. The fourth-order valence-electron chi connectivity index (χ4n) is 0.989. The van der Waals surface area contributed by atoms with Crippen molar-refractivity contribution in [1.29, 1.82) is 0 Å². The van der Waals surface area contributed by atoms with Crippen molar-refractivity contribution in [2.45, 2.75) is 6.43 Å². The molecule has 0 fully saturated rings. The Balaban J connectivity index is 2.91. The highest BCUT2D eigenvalue weighted by atomic mass is 35.5. The topological polar surface area (TPSA) is 67.1 Å². The molecule has 84 valence electrons. The summed E-state index contributed by atoms with van der Waals surface area (Å²) < 4.78 is 24.2. The van der Waals surface area contributed by atoms with Gasteiger partial charge in [0.2, 0.25) is 5.95 Å². The van der Waals surface area contributed by atoms with Crippen LogP contribution in [0.3, 0.4) is 0 Å². The first-order valence-electron chi connectivity index (χ1n) is 4.03. The number of nitrogens with zero attached hydrogens (tertiary/aromatic N) is 3. The number of hydrogen-bond donors (Lipinski definition) is 2. The predicted molar refractivity (Wildman–Crippen MR) is 54.1 cm³/mol. The molecule has 3 N–H and O–H groups in total. The van der Waals surface area contributed by atoms with Crippen LogP contribution in [0.2, 0.25) is 5.02 Å². The molecule has 8 heteroatoms. The van der Waals surface area contributed by atoms with Gasteiger partial charge in [-0.1, -0.05) is 11.6 Å². The first kappa shape index (κ1) is 11.9. The van der Waals surface area contributed by atoms with Gasteiger partial charge in [-0.15, -0.1) is 0 Å². The highest BCUT2D eigenvalue weighted by Gasteiger charge is 2.13. The van der Waals surface area contributed by atoms with Crippen molar-refractivity contribution in [1.82, 2.24) is 9.97 Å². The Hall–Kier alpha value is -1.21. The van der Waals surface area contributed by atoms with Gasteiger partial charge in [-0.3, -0.25) is 5.43 Å². The zero-order chi connectivity index (χ0) is 11.4. The standard InChI is InChI=1S/C7H10ClF2N5/c1-15(3-5(9)10)6-4(8)2-12-7(13-6)14-11/h2,5H,3,11H2,1H3,(H,12,13,14). The van der Waals surface area contributed by atoms with Gasteiger partial charge in [0.25, 0.3) is 6.43 Å². The number of halogens is 3. The highest BCUT2D eigenvalue weighted by molar-refractivity contribution is 6.32. The molecule has 5 nitrogen and oxygen atoms in total. The zero-order valence-electron chi connectivity index (χ0n) is 7.91. The van der Waals surface area contributed by atoms with E-state index in [0.29, 0.717) is 0 Å². The SMILES string of the molecule is CN(CC(F)F)c1nc(NN)ncc1Cl. The van der Waals surface area contributed by atoms with E-state index in [4.69, 9.17) is 17.4 Å². The van der Waals surface area contributed by atoms with Gasteiger partial charge in [0.1, 0.15) is 5.02 Å². The molecule has 0 aromatic carbocycles. The van der Waals surface area contributed by atoms with E-state index in [1.165, 1.54) is 18.1 Å². The van der Waals surface area contributed by atoms with Crippen LogP contribution in [-0.2, 0) is 0 Å². The fourth-order valence-corrected chi connectivity index (χ4v) is 1.22. The normalized spacial score (nSPS) is 10.5. The number of nitrogens with one attached hydrogen (secondary N) is 1. The molecule has 0 spiro atoms. The van der Waals surface area contributed by atoms with E-state index in [1.807, 2.05) is 0 Å². The van der Waals surface area contributed by atoms with Crippen LogP contribution in [0.5, 0.6) is 0 Å². The summed E-state index contributed by atoms with van der Waals surface area (Å²) in [5.74, 6) is 5.41.